The lowest BCUT2D eigenvalue weighted by Gasteiger charge is -2.18. The Morgan fingerprint density at radius 1 is 1.13 bits per heavy atom. The quantitative estimate of drug-likeness (QED) is 0.753. The first-order valence-corrected chi connectivity index (χ1v) is 7.92. The van der Waals surface area contributed by atoms with Crippen molar-refractivity contribution in [3.8, 4) is 22.9 Å². The molecule has 0 atom stereocenters. The van der Waals surface area contributed by atoms with Crippen molar-refractivity contribution in [1.29, 1.82) is 0 Å². The molecule has 23 heavy (non-hydrogen) atoms. The molecule has 0 fully saturated rings. The number of anilines is 1. The van der Waals surface area contributed by atoms with Crippen LogP contribution in [0.25, 0.3) is 22.4 Å². The Hall–Kier alpha value is -2.69. The molecule has 0 saturated carbocycles. The van der Waals surface area contributed by atoms with Crippen molar-refractivity contribution in [1.82, 2.24) is 9.55 Å². The van der Waals surface area contributed by atoms with E-state index in [1.165, 1.54) is 0 Å². The van der Waals surface area contributed by atoms with E-state index in [2.05, 4.69) is 11.5 Å². The van der Waals surface area contributed by atoms with E-state index in [4.69, 9.17) is 20.2 Å². The standard InChI is InChI=1S/C18H19N3O2/c1-2-6-21-15-11-17-16(22-7-8-23-17)10-14(15)20-18(21)12-4-3-5-13(19)9-12/h3-5,9-11H,2,6-8,19H2,1H3. The molecule has 2 N–H and O–H groups in total. The third kappa shape index (κ3) is 2.38. The number of aryl methyl sites for hydroxylation is 1. The summed E-state index contributed by atoms with van der Waals surface area (Å²) in [5.41, 5.74) is 9.68. The zero-order valence-electron chi connectivity index (χ0n) is 13.1. The molecular weight excluding hydrogens is 290 g/mol. The van der Waals surface area contributed by atoms with Crippen LogP contribution in [0.15, 0.2) is 36.4 Å². The molecule has 1 aliphatic rings. The van der Waals surface area contributed by atoms with Crippen molar-refractivity contribution in [2.45, 2.75) is 19.9 Å². The Kier molecular flexibility index (Phi) is 3.33. The molecule has 5 nitrogen and oxygen atoms in total. The maximum Gasteiger partial charge on any atom is 0.163 e. The highest BCUT2D eigenvalue weighted by molar-refractivity contribution is 5.84. The molecule has 5 heteroatoms. The van der Waals surface area contributed by atoms with Crippen molar-refractivity contribution < 1.29 is 9.47 Å². The number of hydrogen-bond donors (Lipinski definition) is 1. The number of hydrogen-bond acceptors (Lipinski definition) is 4. The molecule has 1 aromatic heterocycles. The van der Waals surface area contributed by atoms with Gasteiger partial charge in [0, 0.05) is 29.9 Å². The van der Waals surface area contributed by atoms with Crippen molar-refractivity contribution >= 4 is 16.7 Å². The molecule has 0 unspecified atom stereocenters. The summed E-state index contributed by atoms with van der Waals surface area (Å²) in [5.74, 6) is 2.49. The van der Waals surface area contributed by atoms with Crippen molar-refractivity contribution in [2.24, 2.45) is 0 Å². The highest BCUT2D eigenvalue weighted by Crippen LogP contribution is 2.36. The van der Waals surface area contributed by atoms with Crippen LogP contribution in [-0.4, -0.2) is 22.8 Å². The highest BCUT2D eigenvalue weighted by Gasteiger charge is 2.18. The molecule has 2 heterocycles. The van der Waals surface area contributed by atoms with Crippen molar-refractivity contribution in [3.05, 3.63) is 36.4 Å². The zero-order valence-corrected chi connectivity index (χ0v) is 13.1. The van der Waals surface area contributed by atoms with Crippen LogP contribution in [0.3, 0.4) is 0 Å². The van der Waals surface area contributed by atoms with E-state index in [0.29, 0.717) is 13.2 Å². The van der Waals surface area contributed by atoms with Crippen LogP contribution in [0.4, 0.5) is 5.69 Å². The summed E-state index contributed by atoms with van der Waals surface area (Å²) in [5, 5.41) is 0. The number of benzene rings is 2. The SMILES string of the molecule is CCCn1c(-c2cccc(N)c2)nc2cc3c(cc21)OCCO3. The number of fused-ring (bicyclic) bond motifs is 2. The van der Waals surface area contributed by atoms with Gasteiger partial charge in [-0.2, -0.15) is 0 Å². The van der Waals surface area contributed by atoms with E-state index >= 15 is 0 Å². The fourth-order valence-corrected chi connectivity index (χ4v) is 3.01. The summed E-state index contributed by atoms with van der Waals surface area (Å²) in [7, 11) is 0. The first-order chi connectivity index (χ1) is 11.3. The van der Waals surface area contributed by atoms with Gasteiger partial charge in [0.1, 0.15) is 19.0 Å². The first kappa shape index (κ1) is 13.9. The van der Waals surface area contributed by atoms with Crippen LogP contribution in [0.5, 0.6) is 11.5 Å². The van der Waals surface area contributed by atoms with Crippen LogP contribution >= 0.6 is 0 Å². The highest BCUT2D eigenvalue weighted by atomic mass is 16.6. The molecule has 0 bridgehead atoms. The van der Waals surface area contributed by atoms with E-state index in [1.54, 1.807) is 0 Å². The second-order valence-electron chi connectivity index (χ2n) is 5.70. The minimum atomic E-state index is 0.580. The molecule has 0 spiro atoms. The molecule has 4 rings (SSSR count). The third-order valence-corrected chi connectivity index (χ3v) is 4.00. The lowest BCUT2D eigenvalue weighted by atomic mass is 10.2. The Labute approximate surface area is 134 Å². The van der Waals surface area contributed by atoms with Crippen LogP contribution in [0.2, 0.25) is 0 Å². The van der Waals surface area contributed by atoms with Crippen molar-refractivity contribution in [2.75, 3.05) is 18.9 Å². The second kappa shape index (κ2) is 5.50. The number of nitrogen functional groups attached to an aromatic ring is 1. The van der Waals surface area contributed by atoms with E-state index in [-0.39, 0.29) is 0 Å². The minimum absolute atomic E-state index is 0.580. The van der Waals surface area contributed by atoms with Gasteiger partial charge in [-0.25, -0.2) is 4.98 Å². The lowest BCUT2D eigenvalue weighted by Crippen LogP contribution is -2.15. The first-order valence-electron chi connectivity index (χ1n) is 7.92. The number of aromatic nitrogens is 2. The Balaban J connectivity index is 1.94. The smallest absolute Gasteiger partial charge is 0.163 e. The van der Waals surface area contributed by atoms with Gasteiger partial charge in [-0.05, 0) is 18.6 Å². The summed E-state index contributed by atoms with van der Waals surface area (Å²) in [4.78, 5) is 4.82. The molecule has 118 valence electrons. The number of imidazole rings is 1. The van der Waals surface area contributed by atoms with E-state index in [0.717, 1.165) is 52.6 Å². The topological polar surface area (TPSA) is 62.3 Å². The van der Waals surface area contributed by atoms with Gasteiger partial charge in [0.05, 0.1) is 11.0 Å². The Morgan fingerprint density at radius 2 is 1.91 bits per heavy atom. The molecule has 0 saturated heterocycles. The number of nitrogens with zero attached hydrogens (tertiary/aromatic N) is 2. The largest absolute Gasteiger partial charge is 0.486 e. The minimum Gasteiger partial charge on any atom is -0.486 e. The normalized spacial score (nSPS) is 13.4. The number of ether oxygens (including phenoxy) is 2. The molecular formula is C18H19N3O2. The van der Waals surface area contributed by atoms with Gasteiger partial charge in [0.25, 0.3) is 0 Å². The van der Waals surface area contributed by atoms with Crippen LogP contribution in [0.1, 0.15) is 13.3 Å². The summed E-state index contributed by atoms with van der Waals surface area (Å²) >= 11 is 0. The van der Waals surface area contributed by atoms with Gasteiger partial charge in [-0.3, -0.25) is 0 Å². The van der Waals surface area contributed by atoms with Crippen LogP contribution < -0.4 is 15.2 Å². The van der Waals surface area contributed by atoms with Gasteiger partial charge in [0.15, 0.2) is 11.5 Å². The predicted octanol–water partition coefficient (Wildman–Crippen LogP) is 3.47. The van der Waals surface area contributed by atoms with Crippen molar-refractivity contribution in [3.63, 3.8) is 0 Å². The lowest BCUT2D eigenvalue weighted by molar-refractivity contribution is 0.172. The fraction of sp³-hybridized carbons (Fsp3) is 0.278. The Bertz CT molecular complexity index is 870. The summed E-state index contributed by atoms with van der Waals surface area (Å²) in [6.45, 7) is 4.21. The van der Waals surface area contributed by atoms with Gasteiger partial charge >= 0.3 is 0 Å². The van der Waals surface area contributed by atoms with E-state index < -0.39 is 0 Å². The number of rotatable bonds is 3. The molecule has 0 amide bonds. The predicted molar refractivity (Wildman–Crippen MR) is 90.9 cm³/mol. The van der Waals surface area contributed by atoms with Gasteiger partial charge in [-0.1, -0.05) is 19.1 Å². The zero-order chi connectivity index (χ0) is 15.8. The summed E-state index contributed by atoms with van der Waals surface area (Å²) in [6.07, 6.45) is 1.02. The molecule has 0 radical (unpaired) electrons. The average Bonchev–Trinajstić information content (AvgIpc) is 2.91. The maximum atomic E-state index is 5.94. The van der Waals surface area contributed by atoms with Gasteiger partial charge in [0.2, 0.25) is 0 Å². The molecule has 1 aliphatic heterocycles. The fourth-order valence-electron chi connectivity index (χ4n) is 3.01. The van der Waals surface area contributed by atoms with Gasteiger partial charge < -0.3 is 19.8 Å². The number of nitrogens with two attached hydrogens (primary N) is 1. The van der Waals surface area contributed by atoms with E-state index in [1.807, 2.05) is 36.4 Å². The third-order valence-electron chi connectivity index (χ3n) is 4.00. The monoisotopic (exact) mass is 309 g/mol. The second-order valence-corrected chi connectivity index (χ2v) is 5.70. The maximum absolute atomic E-state index is 5.94. The molecule has 3 aromatic rings. The van der Waals surface area contributed by atoms with Gasteiger partial charge in [-0.15, -0.1) is 0 Å². The molecule has 2 aromatic carbocycles. The average molecular weight is 309 g/mol. The van der Waals surface area contributed by atoms with Crippen LogP contribution in [0, 0.1) is 0 Å². The molecule has 0 aliphatic carbocycles. The Morgan fingerprint density at radius 3 is 2.65 bits per heavy atom. The van der Waals surface area contributed by atoms with E-state index in [9.17, 15) is 0 Å². The summed E-state index contributed by atoms with van der Waals surface area (Å²) in [6, 6.07) is 11.8. The summed E-state index contributed by atoms with van der Waals surface area (Å²) < 4.78 is 13.6. The van der Waals surface area contributed by atoms with Crippen LogP contribution in [-0.2, 0) is 6.54 Å².